The Hall–Kier alpha value is -1.44. The lowest BCUT2D eigenvalue weighted by Crippen LogP contribution is -2.80. The minimum absolute atomic E-state index is 0.108. The molecular weight excluding hydrogens is 294 g/mol. The molecule has 3 aliphatic rings. The van der Waals surface area contributed by atoms with Gasteiger partial charge in [-0.15, -0.1) is 0 Å². The molecule has 23 heavy (non-hydrogen) atoms. The Kier molecular flexibility index (Phi) is 3.66. The lowest BCUT2D eigenvalue weighted by molar-refractivity contribution is -0.175. The molecule has 0 aliphatic carbocycles. The van der Waals surface area contributed by atoms with Crippen LogP contribution >= 0.6 is 0 Å². The Balaban J connectivity index is 1.48. The molecule has 0 N–H and O–H groups in total. The summed E-state index contributed by atoms with van der Waals surface area (Å²) in [4.78, 5) is 23.2. The molecular formula is C16H25N5O2. The van der Waals surface area contributed by atoms with Crippen molar-refractivity contribution in [1.82, 2.24) is 24.3 Å². The minimum atomic E-state index is 0.108. The van der Waals surface area contributed by atoms with Crippen LogP contribution in [-0.4, -0.2) is 87.7 Å². The molecule has 1 atom stereocenters. The van der Waals surface area contributed by atoms with Crippen LogP contribution in [-0.2, 0) is 23.1 Å². The Morgan fingerprint density at radius 1 is 1.43 bits per heavy atom. The van der Waals surface area contributed by atoms with E-state index in [1.165, 1.54) is 5.69 Å². The maximum Gasteiger partial charge on any atom is 0.219 e. The fourth-order valence-electron chi connectivity index (χ4n) is 4.38. The SMILES string of the molecule is CC(=O)N1C[C@@H]2COCCN2C2(CN(Cc3cncn3C)C2)C1. The van der Waals surface area contributed by atoms with Gasteiger partial charge in [0.15, 0.2) is 0 Å². The van der Waals surface area contributed by atoms with E-state index < -0.39 is 0 Å². The van der Waals surface area contributed by atoms with Crippen LogP contribution in [0.1, 0.15) is 12.6 Å². The summed E-state index contributed by atoms with van der Waals surface area (Å²) in [6.45, 7) is 8.81. The highest BCUT2D eigenvalue weighted by atomic mass is 16.5. The van der Waals surface area contributed by atoms with Gasteiger partial charge in [-0.05, 0) is 0 Å². The molecule has 7 nitrogen and oxygen atoms in total. The van der Waals surface area contributed by atoms with Crippen molar-refractivity contribution in [2.75, 3.05) is 45.9 Å². The molecule has 1 aromatic rings. The maximum atomic E-state index is 11.9. The number of carbonyl (C=O) groups excluding carboxylic acids is 1. The van der Waals surface area contributed by atoms with Crippen LogP contribution in [0.5, 0.6) is 0 Å². The van der Waals surface area contributed by atoms with Crippen LogP contribution in [0.25, 0.3) is 0 Å². The van der Waals surface area contributed by atoms with E-state index in [0.29, 0.717) is 6.04 Å². The second kappa shape index (κ2) is 5.58. The van der Waals surface area contributed by atoms with E-state index in [1.807, 2.05) is 24.5 Å². The minimum Gasteiger partial charge on any atom is -0.378 e. The number of hydrogen-bond donors (Lipinski definition) is 0. The van der Waals surface area contributed by atoms with Crippen molar-refractivity contribution in [2.24, 2.45) is 7.05 Å². The second-order valence-corrected chi connectivity index (χ2v) is 7.19. The molecule has 4 rings (SSSR count). The zero-order valence-corrected chi connectivity index (χ0v) is 13.9. The molecule has 0 aromatic carbocycles. The maximum absolute atomic E-state index is 11.9. The normalized spacial score (nSPS) is 27.7. The zero-order valence-electron chi connectivity index (χ0n) is 13.9. The summed E-state index contributed by atoms with van der Waals surface area (Å²) in [6.07, 6.45) is 3.78. The molecule has 1 amide bonds. The van der Waals surface area contributed by atoms with E-state index in [-0.39, 0.29) is 11.4 Å². The topological polar surface area (TPSA) is 53.8 Å². The van der Waals surface area contributed by atoms with Crippen molar-refractivity contribution in [1.29, 1.82) is 0 Å². The van der Waals surface area contributed by atoms with Crippen molar-refractivity contribution in [2.45, 2.75) is 25.0 Å². The number of nitrogens with zero attached hydrogens (tertiary/aromatic N) is 5. The molecule has 3 saturated heterocycles. The quantitative estimate of drug-likeness (QED) is 0.738. The number of likely N-dealkylation sites (tertiary alicyclic amines) is 1. The number of aryl methyl sites for hydroxylation is 1. The highest BCUT2D eigenvalue weighted by Gasteiger charge is 2.54. The van der Waals surface area contributed by atoms with E-state index in [4.69, 9.17) is 4.74 Å². The van der Waals surface area contributed by atoms with Gasteiger partial charge in [0.25, 0.3) is 0 Å². The number of imidazole rings is 1. The van der Waals surface area contributed by atoms with E-state index in [1.54, 1.807) is 6.92 Å². The monoisotopic (exact) mass is 319 g/mol. The molecule has 126 valence electrons. The first-order chi connectivity index (χ1) is 11.1. The van der Waals surface area contributed by atoms with Crippen LogP contribution < -0.4 is 0 Å². The third kappa shape index (κ3) is 2.56. The Morgan fingerprint density at radius 2 is 2.26 bits per heavy atom. The van der Waals surface area contributed by atoms with Gasteiger partial charge in [0, 0.05) is 59.4 Å². The number of carbonyl (C=O) groups is 1. The average molecular weight is 319 g/mol. The number of hydrogen-bond acceptors (Lipinski definition) is 5. The molecule has 7 heteroatoms. The molecule has 3 fully saturated rings. The Labute approximate surface area is 136 Å². The molecule has 1 aromatic heterocycles. The van der Waals surface area contributed by atoms with Crippen LogP contribution in [0, 0.1) is 0 Å². The molecule has 4 heterocycles. The first kappa shape index (κ1) is 15.1. The van der Waals surface area contributed by atoms with Gasteiger partial charge in [0.05, 0.1) is 36.8 Å². The van der Waals surface area contributed by atoms with Crippen molar-refractivity contribution in [3.63, 3.8) is 0 Å². The fourth-order valence-corrected chi connectivity index (χ4v) is 4.38. The number of fused-ring (bicyclic) bond motifs is 2. The number of ether oxygens (including phenoxy) is 1. The van der Waals surface area contributed by atoms with Crippen LogP contribution in [0.4, 0.5) is 0 Å². The first-order valence-corrected chi connectivity index (χ1v) is 8.35. The van der Waals surface area contributed by atoms with Gasteiger partial charge in [-0.2, -0.15) is 0 Å². The summed E-state index contributed by atoms with van der Waals surface area (Å²) in [5.41, 5.74) is 1.34. The number of aromatic nitrogens is 2. The van der Waals surface area contributed by atoms with Crippen molar-refractivity contribution in [3.05, 3.63) is 18.2 Å². The largest absolute Gasteiger partial charge is 0.378 e. The van der Waals surface area contributed by atoms with Gasteiger partial charge in [0.1, 0.15) is 0 Å². The predicted octanol–water partition coefficient (Wildman–Crippen LogP) is -0.463. The first-order valence-electron chi connectivity index (χ1n) is 8.35. The fraction of sp³-hybridized carbons (Fsp3) is 0.750. The summed E-state index contributed by atoms with van der Waals surface area (Å²) in [6, 6.07) is 0.347. The molecule has 0 saturated carbocycles. The summed E-state index contributed by atoms with van der Waals surface area (Å²) >= 11 is 0. The highest BCUT2D eigenvalue weighted by Crippen LogP contribution is 2.36. The second-order valence-electron chi connectivity index (χ2n) is 7.19. The lowest BCUT2D eigenvalue weighted by atomic mass is 9.82. The molecule has 1 spiro atoms. The van der Waals surface area contributed by atoms with Gasteiger partial charge < -0.3 is 14.2 Å². The summed E-state index contributed by atoms with van der Waals surface area (Å²) in [5, 5.41) is 0. The Morgan fingerprint density at radius 3 is 2.96 bits per heavy atom. The van der Waals surface area contributed by atoms with Gasteiger partial charge >= 0.3 is 0 Å². The third-order valence-electron chi connectivity index (χ3n) is 5.54. The van der Waals surface area contributed by atoms with Crippen LogP contribution in [0.15, 0.2) is 12.5 Å². The van der Waals surface area contributed by atoms with Crippen LogP contribution in [0.2, 0.25) is 0 Å². The van der Waals surface area contributed by atoms with Gasteiger partial charge in [0.2, 0.25) is 5.91 Å². The molecule has 0 radical (unpaired) electrons. The number of amides is 1. The van der Waals surface area contributed by atoms with E-state index in [2.05, 4.69) is 19.4 Å². The smallest absolute Gasteiger partial charge is 0.219 e. The lowest BCUT2D eigenvalue weighted by Gasteiger charge is -2.63. The molecule has 3 aliphatic heterocycles. The van der Waals surface area contributed by atoms with E-state index >= 15 is 0 Å². The number of piperazine rings is 1. The predicted molar refractivity (Wildman–Crippen MR) is 84.8 cm³/mol. The van der Waals surface area contributed by atoms with Crippen LogP contribution in [0.3, 0.4) is 0 Å². The van der Waals surface area contributed by atoms with Gasteiger partial charge in [-0.1, -0.05) is 0 Å². The number of morpholine rings is 1. The highest BCUT2D eigenvalue weighted by molar-refractivity contribution is 5.73. The molecule has 0 bridgehead atoms. The molecule has 0 unspecified atom stereocenters. The van der Waals surface area contributed by atoms with E-state index in [0.717, 1.165) is 52.5 Å². The average Bonchev–Trinajstić information content (AvgIpc) is 2.90. The summed E-state index contributed by atoms with van der Waals surface area (Å²) in [5.74, 6) is 0.180. The Bertz CT molecular complexity index is 595. The van der Waals surface area contributed by atoms with Gasteiger partial charge in [-0.25, -0.2) is 4.98 Å². The number of rotatable bonds is 2. The van der Waals surface area contributed by atoms with Crippen molar-refractivity contribution < 1.29 is 9.53 Å². The van der Waals surface area contributed by atoms with Crippen molar-refractivity contribution >= 4 is 5.91 Å². The van der Waals surface area contributed by atoms with Gasteiger partial charge in [-0.3, -0.25) is 14.6 Å². The summed E-state index contributed by atoms with van der Waals surface area (Å²) in [7, 11) is 2.04. The standard InChI is InChI=1S/C16H25N5O2/c1-13(22)20-7-15-8-23-4-3-21(15)16(11-20)9-19(10-16)6-14-5-17-12-18(14)2/h5,12,15H,3-4,6-11H2,1-2H3/t15-/m1/s1. The third-order valence-corrected chi connectivity index (χ3v) is 5.54. The zero-order chi connectivity index (χ0) is 16.0. The summed E-state index contributed by atoms with van der Waals surface area (Å²) < 4.78 is 7.73. The van der Waals surface area contributed by atoms with E-state index in [9.17, 15) is 4.79 Å². The van der Waals surface area contributed by atoms with Crippen molar-refractivity contribution in [3.8, 4) is 0 Å².